The summed E-state index contributed by atoms with van der Waals surface area (Å²) >= 11 is 0. The number of carbonyl (C=O) groups excluding carboxylic acids is 1. The third-order valence-corrected chi connectivity index (χ3v) is 7.90. The van der Waals surface area contributed by atoms with Gasteiger partial charge in [0.25, 0.3) is 0 Å². The van der Waals surface area contributed by atoms with E-state index >= 15 is 0 Å². The summed E-state index contributed by atoms with van der Waals surface area (Å²) in [6.45, 7) is 2.91. The molecule has 9 heteroatoms. The van der Waals surface area contributed by atoms with Crippen molar-refractivity contribution >= 4 is 21.9 Å². The van der Waals surface area contributed by atoms with Gasteiger partial charge < -0.3 is 9.42 Å². The molecule has 2 heterocycles. The van der Waals surface area contributed by atoms with E-state index in [1.54, 1.807) is 30.0 Å². The lowest BCUT2D eigenvalue weighted by molar-refractivity contribution is 0.184. The number of carbonyl (C=O) groups is 1. The van der Waals surface area contributed by atoms with Crippen LogP contribution in [0.25, 0.3) is 0 Å². The number of nitrogens with one attached hydrogen (secondary N) is 1. The standard InChI is InChI=1S/C21H28N4O4S/c1-16-15-20(23-29-16)22-21(26)24-11-13-25(14-12-24)30(27,28)19-9-7-18(8-10-19)17-5-3-2-4-6-17/h7-10,15,17H,2-6,11-14H2,1H3,(H,22,23,26). The topological polar surface area (TPSA) is 95.8 Å². The van der Waals surface area contributed by atoms with Gasteiger partial charge in [-0.15, -0.1) is 0 Å². The van der Waals surface area contributed by atoms with E-state index in [-0.39, 0.29) is 19.1 Å². The Balaban J connectivity index is 1.35. The number of hydrogen-bond donors (Lipinski definition) is 1. The molecule has 0 unspecified atom stereocenters. The van der Waals surface area contributed by atoms with Crippen LogP contribution in [0.15, 0.2) is 39.8 Å². The number of anilines is 1. The van der Waals surface area contributed by atoms with Gasteiger partial charge in [0, 0.05) is 32.2 Å². The van der Waals surface area contributed by atoms with E-state index in [0.717, 1.165) is 0 Å². The van der Waals surface area contributed by atoms with Gasteiger partial charge in [0.05, 0.1) is 4.90 Å². The second-order valence-electron chi connectivity index (χ2n) is 8.05. The predicted octanol–water partition coefficient (Wildman–Crippen LogP) is 3.57. The lowest BCUT2D eigenvalue weighted by Gasteiger charge is -2.33. The molecule has 30 heavy (non-hydrogen) atoms. The number of urea groups is 1. The van der Waals surface area contributed by atoms with E-state index in [9.17, 15) is 13.2 Å². The molecule has 1 aliphatic carbocycles. The molecule has 2 aromatic rings. The van der Waals surface area contributed by atoms with E-state index in [1.807, 2.05) is 12.1 Å². The van der Waals surface area contributed by atoms with Crippen LogP contribution in [-0.2, 0) is 10.0 Å². The van der Waals surface area contributed by atoms with Crippen molar-refractivity contribution in [1.29, 1.82) is 0 Å². The molecule has 0 radical (unpaired) electrons. The Morgan fingerprint density at radius 1 is 1.07 bits per heavy atom. The fourth-order valence-corrected chi connectivity index (χ4v) is 5.66. The van der Waals surface area contributed by atoms with Crippen molar-refractivity contribution in [3.05, 3.63) is 41.7 Å². The fraction of sp³-hybridized carbons (Fsp3) is 0.524. The van der Waals surface area contributed by atoms with Crippen LogP contribution in [0.2, 0.25) is 0 Å². The van der Waals surface area contributed by atoms with Gasteiger partial charge >= 0.3 is 6.03 Å². The number of sulfonamides is 1. The average Bonchev–Trinajstić information content (AvgIpc) is 3.19. The zero-order valence-electron chi connectivity index (χ0n) is 17.2. The number of rotatable bonds is 4. The van der Waals surface area contributed by atoms with Gasteiger partial charge in [-0.1, -0.05) is 36.6 Å². The highest BCUT2D eigenvalue weighted by Crippen LogP contribution is 2.33. The Labute approximate surface area is 177 Å². The molecular weight excluding hydrogens is 404 g/mol. The van der Waals surface area contributed by atoms with Gasteiger partial charge in [-0.25, -0.2) is 13.2 Å². The highest BCUT2D eigenvalue weighted by molar-refractivity contribution is 7.89. The number of aromatic nitrogens is 1. The first kappa shape index (κ1) is 20.9. The quantitative estimate of drug-likeness (QED) is 0.797. The van der Waals surface area contributed by atoms with Crippen molar-refractivity contribution in [2.75, 3.05) is 31.5 Å². The summed E-state index contributed by atoms with van der Waals surface area (Å²) < 4.78 is 32.4. The first-order valence-corrected chi connectivity index (χ1v) is 12.0. The lowest BCUT2D eigenvalue weighted by Crippen LogP contribution is -2.51. The number of benzene rings is 1. The van der Waals surface area contributed by atoms with Crippen molar-refractivity contribution in [3.8, 4) is 0 Å². The normalized spacial score (nSPS) is 19.0. The molecule has 2 aliphatic rings. The van der Waals surface area contributed by atoms with E-state index in [2.05, 4.69) is 10.5 Å². The Kier molecular flexibility index (Phi) is 6.10. The maximum atomic E-state index is 13.0. The van der Waals surface area contributed by atoms with Crippen LogP contribution in [0.4, 0.5) is 10.6 Å². The largest absolute Gasteiger partial charge is 0.360 e. The summed E-state index contributed by atoms with van der Waals surface area (Å²) in [6, 6.07) is 8.71. The van der Waals surface area contributed by atoms with Gasteiger partial charge in [0.2, 0.25) is 10.0 Å². The van der Waals surface area contributed by atoms with E-state index < -0.39 is 10.0 Å². The van der Waals surface area contributed by atoms with Gasteiger partial charge in [-0.3, -0.25) is 5.32 Å². The average molecular weight is 433 g/mol. The molecule has 0 spiro atoms. The van der Waals surface area contributed by atoms with Gasteiger partial charge in [-0.05, 0) is 43.4 Å². The van der Waals surface area contributed by atoms with Crippen LogP contribution >= 0.6 is 0 Å². The van der Waals surface area contributed by atoms with Crippen LogP contribution in [0, 0.1) is 6.92 Å². The summed E-state index contributed by atoms with van der Waals surface area (Å²) in [7, 11) is -3.57. The van der Waals surface area contributed by atoms with Crippen molar-refractivity contribution < 1.29 is 17.7 Å². The Morgan fingerprint density at radius 2 is 1.73 bits per heavy atom. The fourth-order valence-electron chi connectivity index (χ4n) is 4.24. The van der Waals surface area contributed by atoms with Gasteiger partial charge in [-0.2, -0.15) is 4.31 Å². The minimum atomic E-state index is -3.57. The zero-order valence-corrected chi connectivity index (χ0v) is 18.0. The van der Waals surface area contributed by atoms with Crippen molar-refractivity contribution in [1.82, 2.24) is 14.4 Å². The summed E-state index contributed by atoms with van der Waals surface area (Å²) in [5.74, 6) is 1.51. The van der Waals surface area contributed by atoms with Crippen LogP contribution in [0.1, 0.15) is 49.3 Å². The Bertz CT molecular complexity index is 973. The summed E-state index contributed by atoms with van der Waals surface area (Å²) in [6.07, 6.45) is 6.16. The minimum Gasteiger partial charge on any atom is -0.360 e. The molecule has 1 aromatic heterocycles. The van der Waals surface area contributed by atoms with Crippen LogP contribution in [-0.4, -0.2) is 55.0 Å². The lowest BCUT2D eigenvalue weighted by atomic mass is 9.84. The van der Waals surface area contributed by atoms with E-state index in [4.69, 9.17) is 4.52 Å². The molecule has 1 saturated carbocycles. The molecule has 162 valence electrons. The first-order chi connectivity index (χ1) is 14.4. The van der Waals surface area contributed by atoms with Gasteiger partial charge in [0.15, 0.2) is 5.82 Å². The van der Waals surface area contributed by atoms with Gasteiger partial charge in [0.1, 0.15) is 5.76 Å². The monoisotopic (exact) mass is 432 g/mol. The van der Waals surface area contributed by atoms with Crippen molar-refractivity contribution in [2.45, 2.75) is 49.8 Å². The van der Waals surface area contributed by atoms with Crippen LogP contribution in [0.3, 0.4) is 0 Å². The molecule has 4 rings (SSSR count). The van der Waals surface area contributed by atoms with Crippen LogP contribution in [0.5, 0.6) is 0 Å². The second kappa shape index (κ2) is 8.77. The molecule has 2 amide bonds. The van der Waals surface area contributed by atoms with Crippen molar-refractivity contribution in [3.63, 3.8) is 0 Å². The second-order valence-corrected chi connectivity index (χ2v) is 9.99. The maximum Gasteiger partial charge on any atom is 0.323 e. The number of amides is 2. The van der Waals surface area contributed by atoms with E-state index in [0.29, 0.717) is 35.5 Å². The van der Waals surface area contributed by atoms with Crippen molar-refractivity contribution in [2.24, 2.45) is 0 Å². The molecule has 1 N–H and O–H groups in total. The summed E-state index contributed by atoms with van der Waals surface area (Å²) in [4.78, 5) is 14.3. The highest BCUT2D eigenvalue weighted by atomic mass is 32.2. The Morgan fingerprint density at radius 3 is 2.33 bits per heavy atom. The highest BCUT2D eigenvalue weighted by Gasteiger charge is 2.30. The molecule has 8 nitrogen and oxygen atoms in total. The number of aryl methyl sites for hydroxylation is 1. The first-order valence-electron chi connectivity index (χ1n) is 10.5. The molecule has 0 atom stereocenters. The third-order valence-electron chi connectivity index (χ3n) is 5.98. The SMILES string of the molecule is Cc1cc(NC(=O)N2CCN(S(=O)(=O)c3ccc(C4CCCCC4)cc3)CC2)no1. The number of nitrogens with zero attached hydrogens (tertiary/aromatic N) is 3. The number of piperazine rings is 1. The van der Waals surface area contributed by atoms with Crippen LogP contribution < -0.4 is 5.32 Å². The minimum absolute atomic E-state index is 0.262. The number of hydrogen-bond acceptors (Lipinski definition) is 5. The summed E-state index contributed by atoms with van der Waals surface area (Å²) in [5, 5.41) is 6.41. The molecule has 1 aliphatic heterocycles. The smallest absolute Gasteiger partial charge is 0.323 e. The molecule has 0 bridgehead atoms. The third kappa shape index (κ3) is 4.52. The van der Waals surface area contributed by atoms with E-state index in [1.165, 1.54) is 42.0 Å². The maximum absolute atomic E-state index is 13.0. The molecule has 1 aromatic carbocycles. The Hall–Kier alpha value is -2.39. The molecular formula is C21H28N4O4S. The zero-order chi connectivity index (χ0) is 21.1. The molecule has 2 fully saturated rings. The predicted molar refractivity (Wildman–Crippen MR) is 113 cm³/mol. The summed E-state index contributed by atoms with van der Waals surface area (Å²) in [5.41, 5.74) is 1.23. The molecule has 1 saturated heterocycles.